The Bertz CT molecular complexity index is 474. The lowest BCUT2D eigenvalue weighted by Crippen LogP contribution is -2.53. The van der Waals surface area contributed by atoms with E-state index in [1.807, 2.05) is 0 Å². The molecule has 0 amide bonds. The predicted octanol–water partition coefficient (Wildman–Crippen LogP) is 2.17. The van der Waals surface area contributed by atoms with Crippen molar-refractivity contribution in [1.29, 1.82) is 0 Å². The molecule has 2 fully saturated rings. The normalized spacial score (nSPS) is 26.3. The fraction of sp³-hybridized carbons (Fsp3) is 0.684. The standard InChI is InChI=1S/C19H30N2O2/c1-16(20-15-19(22)9-5-6-10-19)18-14-21(11-12-23-18)13-17-7-3-2-4-8-17/h2-4,7-8,16,18,20,22H,5-6,9-15H2,1H3/t16-,18-/m0/s1. The van der Waals surface area contributed by atoms with E-state index in [9.17, 15) is 5.11 Å². The minimum Gasteiger partial charge on any atom is -0.389 e. The van der Waals surface area contributed by atoms with Crippen LogP contribution in [0.3, 0.4) is 0 Å². The molecule has 0 spiro atoms. The van der Waals surface area contributed by atoms with Crippen LogP contribution in [0.2, 0.25) is 0 Å². The Hall–Kier alpha value is -0.940. The predicted molar refractivity (Wildman–Crippen MR) is 92.3 cm³/mol. The fourth-order valence-corrected chi connectivity index (χ4v) is 3.71. The maximum absolute atomic E-state index is 10.5. The molecule has 1 aromatic carbocycles. The molecule has 1 heterocycles. The van der Waals surface area contributed by atoms with Crippen LogP contribution in [-0.4, -0.2) is 54.0 Å². The minimum atomic E-state index is -0.493. The van der Waals surface area contributed by atoms with Gasteiger partial charge in [0, 0.05) is 32.2 Å². The Labute approximate surface area is 139 Å². The van der Waals surface area contributed by atoms with Crippen molar-refractivity contribution < 1.29 is 9.84 Å². The van der Waals surface area contributed by atoms with Crippen molar-refractivity contribution in [3.63, 3.8) is 0 Å². The zero-order valence-electron chi connectivity index (χ0n) is 14.2. The molecule has 1 saturated carbocycles. The van der Waals surface area contributed by atoms with Crippen molar-refractivity contribution in [2.45, 2.75) is 56.9 Å². The first-order chi connectivity index (χ1) is 11.1. The highest BCUT2D eigenvalue weighted by Gasteiger charge is 2.32. The zero-order chi connectivity index (χ0) is 16.1. The molecule has 0 aromatic heterocycles. The van der Waals surface area contributed by atoms with Gasteiger partial charge in [-0.25, -0.2) is 0 Å². The average Bonchev–Trinajstić information content (AvgIpc) is 3.01. The summed E-state index contributed by atoms with van der Waals surface area (Å²) < 4.78 is 5.97. The van der Waals surface area contributed by atoms with Gasteiger partial charge in [0.2, 0.25) is 0 Å². The van der Waals surface area contributed by atoms with E-state index in [2.05, 4.69) is 47.5 Å². The number of hydrogen-bond acceptors (Lipinski definition) is 4. The molecule has 2 aliphatic rings. The molecule has 23 heavy (non-hydrogen) atoms. The van der Waals surface area contributed by atoms with E-state index in [0.717, 1.165) is 51.9 Å². The molecule has 0 radical (unpaired) electrons. The SMILES string of the molecule is C[C@H](NCC1(O)CCCC1)[C@@H]1CN(Cc2ccccc2)CCO1. The van der Waals surface area contributed by atoms with E-state index in [-0.39, 0.29) is 12.1 Å². The van der Waals surface area contributed by atoms with Crippen LogP contribution >= 0.6 is 0 Å². The van der Waals surface area contributed by atoms with Crippen LogP contribution in [0.5, 0.6) is 0 Å². The Morgan fingerprint density at radius 2 is 2.04 bits per heavy atom. The third-order valence-electron chi connectivity index (χ3n) is 5.27. The van der Waals surface area contributed by atoms with E-state index >= 15 is 0 Å². The maximum atomic E-state index is 10.5. The largest absolute Gasteiger partial charge is 0.389 e. The van der Waals surface area contributed by atoms with Gasteiger partial charge in [0.15, 0.2) is 0 Å². The molecular formula is C19H30N2O2. The van der Waals surface area contributed by atoms with Gasteiger partial charge in [0.05, 0.1) is 18.3 Å². The van der Waals surface area contributed by atoms with E-state index < -0.39 is 5.60 Å². The highest BCUT2D eigenvalue weighted by atomic mass is 16.5. The van der Waals surface area contributed by atoms with E-state index in [1.54, 1.807) is 0 Å². The lowest BCUT2D eigenvalue weighted by Gasteiger charge is -2.37. The Kier molecular flexibility index (Phi) is 5.70. The first kappa shape index (κ1) is 16.9. The van der Waals surface area contributed by atoms with Gasteiger partial charge in [0.1, 0.15) is 0 Å². The zero-order valence-corrected chi connectivity index (χ0v) is 14.2. The first-order valence-electron chi connectivity index (χ1n) is 8.98. The molecule has 1 aliphatic carbocycles. The topological polar surface area (TPSA) is 44.7 Å². The molecule has 1 saturated heterocycles. The van der Waals surface area contributed by atoms with Gasteiger partial charge in [-0.05, 0) is 25.3 Å². The van der Waals surface area contributed by atoms with Gasteiger partial charge >= 0.3 is 0 Å². The van der Waals surface area contributed by atoms with Crippen molar-refractivity contribution in [2.24, 2.45) is 0 Å². The molecule has 4 heteroatoms. The third kappa shape index (κ3) is 4.77. The molecular weight excluding hydrogens is 288 g/mol. The van der Waals surface area contributed by atoms with Crippen LogP contribution in [0.15, 0.2) is 30.3 Å². The Morgan fingerprint density at radius 1 is 1.30 bits per heavy atom. The molecule has 2 atom stereocenters. The van der Waals surface area contributed by atoms with Gasteiger partial charge in [-0.1, -0.05) is 43.2 Å². The molecule has 0 unspecified atom stereocenters. The molecule has 128 valence electrons. The van der Waals surface area contributed by atoms with Crippen LogP contribution in [0.4, 0.5) is 0 Å². The average molecular weight is 318 g/mol. The second-order valence-electron chi connectivity index (χ2n) is 7.23. The summed E-state index contributed by atoms with van der Waals surface area (Å²) in [5, 5.41) is 14.0. The van der Waals surface area contributed by atoms with E-state index in [1.165, 1.54) is 5.56 Å². The summed E-state index contributed by atoms with van der Waals surface area (Å²) in [7, 11) is 0. The summed E-state index contributed by atoms with van der Waals surface area (Å²) in [6.07, 6.45) is 4.35. The number of nitrogens with one attached hydrogen (secondary N) is 1. The molecule has 3 rings (SSSR count). The van der Waals surface area contributed by atoms with Crippen molar-refractivity contribution in [3.8, 4) is 0 Å². The fourth-order valence-electron chi connectivity index (χ4n) is 3.71. The number of nitrogens with zero attached hydrogens (tertiary/aromatic N) is 1. The molecule has 0 bridgehead atoms. The summed E-state index contributed by atoms with van der Waals surface area (Å²) in [5.74, 6) is 0. The number of morpholine rings is 1. The quantitative estimate of drug-likeness (QED) is 0.844. The number of hydrogen-bond donors (Lipinski definition) is 2. The highest BCUT2D eigenvalue weighted by Crippen LogP contribution is 2.28. The second kappa shape index (κ2) is 7.75. The van der Waals surface area contributed by atoms with Crippen LogP contribution in [0.25, 0.3) is 0 Å². The van der Waals surface area contributed by atoms with Crippen LogP contribution in [0.1, 0.15) is 38.2 Å². The molecule has 4 nitrogen and oxygen atoms in total. The summed E-state index contributed by atoms with van der Waals surface area (Å²) in [6.45, 7) is 6.57. The van der Waals surface area contributed by atoms with Gasteiger partial charge in [-0.3, -0.25) is 4.90 Å². The van der Waals surface area contributed by atoms with Crippen LogP contribution in [0, 0.1) is 0 Å². The molecule has 2 N–H and O–H groups in total. The highest BCUT2D eigenvalue weighted by molar-refractivity contribution is 5.14. The Balaban J connectivity index is 1.47. The third-order valence-corrected chi connectivity index (χ3v) is 5.27. The lowest BCUT2D eigenvalue weighted by molar-refractivity contribution is -0.0503. The number of rotatable bonds is 6. The van der Waals surface area contributed by atoms with Gasteiger partial charge in [-0.15, -0.1) is 0 Å². The molecule has 1 aliphatic heterocycles. The van der Waals surface area contributed by atoms with Gasteiger partial charge in [-0.2, -0.15) is 0 Å². The van der Waals surface area contributed by atoms with Gasteiger partial charge in [0.25, 0.3) is 0 Å². The smallest absolute Gasteiger partial charge is 0.0852 e. The summed E-state index contributed by atoms with van der Waals surface area (Å²) in [4.78, 5) is 2.46. The van der Waals surface area contributed by atoms with Crippen molar-refractivity contribution >= 4 is 0 Å². The first-order valence-corrected chi connectivity index (χ1v) is 8.98. The Morgan fingerprint density at radius 3 is 2.78 bits per heavy atom. The minimum absolute atomic E-state index is 0.192. The number of aliphatic hydroxyl groups is 1. The van der Waals surface area contributed by atoms with Gasteiger partial charge < -0.3 is 15.2 Å². The summed E-state index contributed by atoms with van der Waals surface area (Å²) in [6, 6.07) is 10.9. The number of benzene rings is 1. The number of ether oxygens (including phenoxy) is 1. The monoisotopic (exact) mass is 318 g/mol. The van der Waals surface area contributed by atoms with Crippen molar-refractivity contribution in [3.05, 3.63) is 35.9 Å². The van der Waals surface area contributed by atoms with Crippen molar-refractivity contribution in [2.75, 3.05) is 26.2 Å². The summed E-state index contributed by atoms with van der Waals surface area (Å²) in [5.41, 5.74) is 0.862. The van der Waals surface area contributed by atoms with E-state index in [4.69, 9.17) is 4.74 Å². The van der Waals surface area contributed by atoms with E-state index in [0.29, 0.717) is 6.54 Å². The summed E-state index contributed by atoms with van der Waals surface area (Å²) >= 11 is 0. The van der Waals surface area contributed by atoms with Crippen LogP contribution < -0.4 is 5.32 Å². The maximum Gasteiger partial charge on any atom is 0.0852 e. The molecule has 1 aromatic rings. The second-order valence-corrected chi connectivity index (χ2v) is 7.23. The van der Waals surface area contributed by atoms with Crippen LogP contribution in [-0.2, 0) is 11.3 Å². The lowest BCUT2D eigenvalue weighted by atomic mass is 10.0. The van der Waals surface area contributed by atoms with Crippen molar-refractivity contribution in [1.82, 2.24) is 10.2 Å².